The van der Waals surface area contributed by atoms with Crippen LogP contribution in [0.25, 0.3) is 10.9 Å². The molecule has 6 heteroatoms. The van der Waals surface area contributed by atoms with E-state index in [0.29, 0.717) is 0 Å². The van der Waals surface area contributed by atoms with Gasteiger partial charge in [-0.1, -0.05) is 13.8 Å². The van der Waals surface area contributed by atoms with Crippen LogP contribution in [0.3, 0.4) is 0 Å². The Bertz CT molecular complexity index is 568. The lowest BCUT2D eigenvalue weighted by molar-refractivity contribution is 0.619. The molecule has 0 aliphatic rings. The maximum absolute atomic E-state index is 13.4. The molecule has 0 saturated carbocycles. The SMILES string of the molecule is CC.Cc1ncc2c(=O)[nH]c(Cl)nc2c1F. The van der Waals surface area contributed by atoms with Gasteiger partial charge in [-0.3, -0.25) is 14.8 Å². The van der Waals surface area contributed by atoms with Crippen LogP contribution in [0.5, 0.6) is 0 Å². The number of aryl methyl sites for hydroxylation is 1. The third kappa shape index (κ3) is 2.19. The van der Waals surface area contributed by atoms with Gasteiger partial charge in [0.2, 0.25) is 5.28 Å². The normalized spacial score (nSPS) is 9.81. The highest BCUT2D eigenvalue weighted by atomic mass is 35.5. The van der Waals surface area contributed by atoms with Crippen molar-refractivity contribution in [2.24, 2.45) is 0 Å². The maximum atomic E-state index is 13.4. The van der Waals surface area contributed by atoms with Gasteiger partial charge in [0.1, 0.15) is 5.52 Å². The first-order chi connectivity index (χ1) is 7.59. The first-order valence-corrected chi connectivity index (χ1v) is 5.18. The smallest absolute Gasteiger partial charge is 0.261 e. The molecule has 0 radical (unpaired) electrons. The summed E-state index contributed by atoms with van der Waals surface area (Å²) in [5.74, 6) is -0.615. The molecule has 1 N–H and O–H groups in total. The molecule has 0 aliphatic carbocycles. The highest BCUT2D eigenvalue weighted by Gasteiger charge is 2.10. The highest BCUT2D eigenvalue weighted by molar-refractivity contribution is 6.28. The number of rotatable bonds is 0. The monoisotopic (exact) mass is 243 g/mol. The summed E-state index contributed by atoms with van der Waals surface area (Å²) >= 11 is 5.49. The van der Waals surface area contributed by atoms with Gasteiger partial charge < -0.3 is 0 Å². The number of nitrogens with zero attached hydrogens (tertiary/aromatic N) is 2. The van der Waals surface area contributed by atoms with Gasteiger partial charge >= 0.3 is 0 Å². The van der Waals surface area contributed by atoms with Crippen molar-refractivity contribution in [2.45, 2.75) is 20.8 Å². The summed E-state index contributed by atoms with van der Waals surface area (Å²) < 4.78 is 13.4. The van der Waals surface area contributed by atoms with Crippen LogP contribution in [-0.4, -0.2) is 15.0 Å². The summed E-state index contributed by atoms with van der Waals surface area (Å²) in [4.78, 5) is 20.9. The second-order valence-electron chi connectivity index (χ2n) is 2.78. The molecule has 0 fully saturated rings. The zero-order valence-electron chi connectivity index (χ0n) is 9.14. The fourth-order valence-corrected chi connectivity index (χ4v) is 1.30. The van der Waals surface area contributed by atoms with Gasteiger partial charge in [0.15, 0.2) is 5.82 Å². The van der Waals surface area contributed by atoms with E-state index in [0.717, 1.165) is 0 Å². The van der Waals surface area contributed by atoms with Crippen LogP contribution in [-0.2, 0) is 0 Å². The van der Waals surface area contributed by atoms with Crippen LogP contribution in [0.15, 0.2) is 11.0 Å². The highest BCUT2D eigenvalue weighted by Crippen LogP contribution is 2.14. The van der Waals surface area contributed by atoms with E-state index in [4.69, 9.17) is 11.6 Å². The number of H-pyrrole nitrogens is 1. The van der Waals surface area contributed by atoms with E-state index in [2.05, 4.69) is 15.0 Å². The lowest BCUT2D eigenvalue weighted by atomic mass is 10.2. The molecule has 0 atom stereocenters. The van der Waals surface area contributed by atoms with Gasteiger partial charge in [-0.05, 0) is 18.5 Å². The number of nitrogens with one attached hydrogen (secondary N) is 1. The number of hydrogen-bond donors (Lipinski definition) is 1. The number of aromatic amines is 1. The lowest BCUT2D eigenvalue weighted by Crippen LogP contribution is -2.10. The first-order valence-electron chi connectivity index (χ1n) is 4.80. The van der Waals surface area contributed by atoms with Crippen molar-refractivity contribution in [3.8, 4) is 0 Å². The number of hydrogen-bond acceptors (Lipinski definition) is 3. The molecule has 2 aromatic rings. The van der Waals surface area contributed by atoms with Crippen LogP contribution in [0.4, 0.5) is 4.39 Å². The van der Waals surface area contributed by atoms with Crippen molar-refractivity contribution >= 4 is 22.5 Å². The number of fused-ring (bicyclic) bond motifs is 1. The molecule has 0 unspecified atom stereocenters. The van der Waals surface area contributed by atoms with Crippen LogP contribution in [0.1, 0.15) is 19.5 Å². The molecule has 2 rings (SSSR count). The minimum Gasteiger partial charge on any atom is -0.297 e. The molecule has 0 bridgehead atoms. The quantitative estimate of drug-likeness (QED) is 0.723. The molecule has 0 spiro atoms. The van der Waals surface area contributed by atoms with E-state index in [9.17, 15) is 9.18 Å². The Labute approximate surface area is 96.5 Å². The van der Waals surface area contributed by atoms with Crippen molar-refractivity contribution in [2.75, 3.05) is 0 Å². The summed E-state index contributed by atoms with van der Waals surface area (Å²) in [6.07, 6.45) is 1.27. The Morgan fingerprint density at radius 2 is 2.06 bits per heavy atom. The largest absolute Gasteiger partial charge is 0.297 e. The predicted octanol–water partition coefficient (Wildman–Crippen LogP) is 2.45. The first kappa shape index (κ1) is 12.6. The molecule has 4 nitrogen and oxygen atoms in total. The van der Waals surface area contributed by atoms with Gasteiger partial charge in [0.25, 0.3) is 5.56 Å². The summed E-state index contributed by atoms with van der Waals surface area (Å²) in [5.41, 5.74) is -0.357. The molecule has 0 amide bonds. The van der Waals surface area contributed by atoms with Crippen LogP contribution in [0, 0.1) is 12.7 Å². The summed E-state index contributed by atoms with van der Waals surface area (Å²) in [6, 6.07) is 0. The zero-order chi connectivity index (χ0) is 12.3. The Morgan fingerprint density at radius 3 is 2.69 bits per heavy atom. The third-order valence-corrected chi connectivity index (χ3v) is 2.02. The van der Waals surface area contributed by atoms with E-state index in [1.54, 1.807) is 0 Å². The predicted molar refractivity (Wildman–Crippen MR) is 61.2 cm³/mol. The lowest BCUT2D eigenvalue weighted by Gasteiger charge is -2.00. The van der Waals surface area contributed by atoms with Gasteiger partial charge in [0.05, 0.1) is 11.1 Å². The van der Waals surface area contributed by atoms with E-state index >= 15 is 0 Å². The van der Waals surface area contributed by atoms with Crippen molar-refractivity contribution in [3.63, 3.8) is 0 Å². The summed E-state index contributed by atoms with van der Waals surface area (Å²) in [7, 11) is 0. The Hall–Kier alpha value is -1.49. The standard InChI is InChI=1S/C8H5ClFN3O.C2H6/c1-3-5(10)6-4(2-11-3)7(14)13-8(9)12-6;1-2/h2H,1H3,(H,12,13,14);1-2H3. The molecule has 16 heavy (non-hydrogen) atoms. The zero-order valence-corrected chi connectivity index (χ0v) is 9.89. The van der Waals surface area contributed by atoms with Crippen LogP contribution >= 0.6 is 11.6 Å². The molecule has 0 aliphatic heterocycles. The van der Waals surface area contributed by atoms with E-state index in [1.807, 2.05) is 13.8 Å². The molecule has 0 aromatic carbocycles. The van der Waals surface area contributed by atoms with E-state index in [1.165, 1.54) is 13.1 Å². The average Bonchev–Trinajstić information content (AvgIpc) is 2.27. The molecule has 2 heterocycles. The topological polar surface area (TPSA) is 58.6 Å². The van der Waals surface area contributed by atoms with Gasteiger partial charge in [0, 0.05) is 6.20 Å². The Balaban J connectivity index is 0.000000606. The van der Waals surface area contributed by atoms with Crippen LogP contribution < -0.4 is 5.56 Å². The second kappa shape index (κ2) is 5.03. The minimum absolute atomic E-state index is 0.0498. The van der Waals surface area contributed by atoms with Crippen molar-refractivity contribution < 1.29 is 4.39 Å². The van der Waals surface area contributed by atoms with Crippen molar-refractivity contribution in [1.82, 2.24) is 15.0 Å². The maximum Gasteiger partial charge on any atom is 0.261 e. The van der Waals surface area contributed by atoms with Crippen LogP contribution in [0.2, 0.25) is 5.28 Å². The Morgan fingerprint density at radius 1 is 1.44 bits per heavy atom. The van der Waals surface area contributed by atoms with E-state index in [-0.39, 0.29) is 21.9 Å². The molecular formula is C10H11ClFN3O. The fraction of sp³-hybridized carbons (Fsp3) is 0.300. The number of aromatic nitrogens is 3. The molecular weight excluding hydrogens is 233 g/mol. The van der Waals surface area contributed by atoms with Gasteiger partial charge in [-0.15, -0.1) is 0 Å². The van der Waals surface area contributed by atoms with E-state index < -0.39 is 11.4 Å². The number of pyridine rings is 1. The van der Waals surface area contributed by atoms with Crippen molar-refractivity contribution in [3.05, 3.63) is 33.3 Å². The molecule has 0 saturated heterocycles. The average molecular weight is 244 g/mol. The van der Waals surface area contributed by atoms with Crippen molar-refractivity contribution in [1.29, 1.82) is 0 Å². The van der Waals surface area contributed by atoms with Gasteiger partial charge in [-0.25, -0.2) is 9.37 Å². The third-order valence-electron chi connectivity index (χ3n) is 1.84. The Kier molecular flexibility index (Phi) is 3.95. The molecule has 86 valence electrons. The minimum atomic E-state index is -0.615. The number of halogens is 2. The summed E-state index contributed by atoms with van der Waals surface area (Å²) in [5, 5.41) is -0.0375. The summed E-state index contributed by atoms with van der Waals surface area (Å²) in [6.45, 7) is 5.49. The fourth-order valence-electron chi connectivity index (χ4n) is 1.13. The van der Waals surface area contributed by atoms with Gasteiger partial charge in [-0.2, -0.15) is 0 Å². The molecule has 2 aromatic heterocycles. The second-order valence-corrected chi connectivity index (χ2v) is 3.13.